The number of hydrogen-bond donors (Lipinski definition) is 8. The molecule has 6 aromatic rings. The van der Waals surface area contributed by atoms with Gasteiger partial charge in [0.25, 0.3) is 0 Å². The van der Waals surface area contributed by atoms with Crippen LogP contribution in [0.2, 0.25) is 30.1 Å². The lowest BCUT2D eigenvalue weighted by Gasteiger charge is -2.23. The first-order chi connectivity index (χ1) is 48.5. The van der Waals surface area contributed by atoms with Crippen molar-refractivity contribution in [3.8, 4) is 0 Å². The van der Waals surface area contributed by atoms with Gasteiger partial charge in [-0.25, -0.2) is 14.4 Å². The molecule has 8 N–H and O–H groups in total. The molecule has 0 spiro atoms. The van der Waals surface area contributed by atoms with E-state index >= 15 is 0 Å². The van der Waals surface area contributed by atoms with E-state index in [1.165, 1.54) is 34.0 Å². The molecule has 0 aliphatic heterocycles. The van der Waals surface area contributed by atoms with Gasteiger partial charge in [0.2, 0.25) is 0 Å². The van der Waals surface area contributed by atoms with E-state index < -0.39 is 67.4 Å². The molecule has 2 unspecified atom stereocenters. The Labute approximate surface area is 656 Å². The van der Waals surface area contributed by atoms with Crippen molar-refractivity contribution in [3.05, 3.63) is 167 Å². The molecule has 9 rings (SSSR count). The van der Waals surface area contributed by atoms with Crippen LogP contribution in [0, 0.1) is 35.5 Å². The summed E-state index contributed by atoms with van der Waals surface area (Å²) in [5.74, 6) is -0.331. The van der Waals surface area contributed by atoms with E-state index in [0.717, 1.165) is 128 Å². The highest BCUT2D eigenvalue weighted by Crippen LogP contribution is 2.45. The lowest BCUT2D eigenvalue weighted by atomic mass is 9.85. The summed E-state index contributed by atoms with van der Waals surface area (Å²) in [6.45, 7) is 3.44. The van der Waals surface area contributed by atoms with Crippen LogP contribution in [-0.2, 0) is 52.7 Å². The molecule has 564 valence electrons. The molecule has 102 heavy (non-hydrogen) atoms. The zero-order valence-corrected chi connectivity index (χ0v) is 66.7. The third kappa shape index (κ3) is 27.5. The summed E-state index contributed by atoms with van der Waals surface area (Å²) in [4.78, 5) is 41.4. The fourth-order valence-corrected chi connectivity index (χ4v) is 19.7. The van der Waals surface area contributed by atoms with Gasteiger partial charge in [-0.15, -0.1) is 68.8 Å². The lowest BCUT2D eigenvalue weighted by molar-refractivity contribution is -0.0916. The highest BCUT2D eigenvalue weighted by molar-refractivity contribution is 7.14. The van der Waals surface area contributed by atoms with Gasteiger partial charge in [-0.05, 0) is 279 Å². The van der Waals surface area contributed by atoms with Crippen LogP contribution in [0.25, 0.3) is 0 Å². The summed E-state index contributed by atoms with van der Waals surface area (Å²) in [5, 5.41) is 82.9. The summed E-state index contributed by atoms with van der Waals surface area (Å²) in [7, 11) is 0. The number of halogens is 9. The molecule has 14 nitrogen and oxygen atoms in total. The average Bonchev–Trinajstić information content (AvgIpc) is 1.69. The van der Waals surface area contributed by atoms with E-state index in [2.05, 4.69) is 0 Å². The molecule has 3 fully saturated rings. The molecule has 0 saturated heterocycles. The zero-order valence-electron chi connectivity index (χ0n) is 57.5. The van der Waals surface area contributed by atoms with Gasteiger partial charge >= 0.3 is 17.9 Å². The van der Waals surface area contributed by atoms with E-state index in [-0.39, 0.29) is 70.8 Å². The molecule has 3 heterocycles. The van der Waals surface area contributed by atoms with E-state index in [9.17, 15) is 45.0 Å². The minimum absolute atomic E-state index is 0.0144. The molecule has 14 atom stereocenters. The molecule has 26 heteroatoms. The van der Waals surface area contributed by atoms with Crippen LogP contribution in [0.4, 0.5) is 0 Å². The maximum absolute atomic E-state index is 12.3. The highest BCUT2D eigenvalue weighted by Gasteiger charge is 2.43. The topological polar surface area (TPSA) is 241 Å². The predicted octanol–water partition coefficient (Wildman–Crippen LogP) is 18.0. The highest BCUT2D eigenvalue weighted by atomic mass is 35.5. The Morgan fingerprint density at radius 2 is 0.765 bits per heavy atom. The van der Waals surface area contributed by atoms with Gasteiger partial charge in [0, 0.05) is 60.9 Å². The summed E-state index contributed by atoms with van der Waals surface area (Å²) in [6, 6.07) is 27.6. The Morgan fingerprint density at radius 1 is 0.461 bits per heavy atom. The first-order valence-corrected chi connectivity index (χ1v) is 40.9. The molecular formula is C76H95Cl9O14S3. The number of rotatable bonds is 34. The number of aliphatic hydroxyl groups is 8. The van der Waals surface area contributed by atoms with Crippen LogP contribution in [0.3, 0.4) is 0 Å². The van der Waals surface area contributed by atoms with Crippen LogP contribution in [0.1, 0.15) is 171 Å². The van der Waals surface area contributed by atoms with Crippen molar-refractivity contribution < 1.29 is 69.4 Å². The fourth-order valence-electron chi connectivity index (χ4n) is 13.6. The average molecular weight is 1650 g/mol. The van der Waals surface area contributed by atoms with E-state index in [0.29, 0.717) is 76.9 Å². The molecule has 3 aliphatic carbocycles. The predicted molar refractivity (Wildman–Crippen MR) is 415 cm³/mol. The lowest BCUT2D eigenvalue weighted by Crippen LogP contribution is -2.43. The Kier molecular flexibility index (Phi) is 36.1. The van der Waals surface area contributed by atoms with Crippen molar-refractivity contribution in [1.29, 1.82) is 0 Å². The number of aliphatic hydroxyl groups excluding tert-OH is 6. The Hall–Kier alpha value is -2.54. The van der Waals surface area contributed by atoms with Crippen molar-refractivity contribution >= 4 is 156 Å². The summed E-state index contributed by atoms with van der Waals surface area (Å²) >= 11 is 60.7. The van der Waals surface area contributed by atoms with E-state index in [1.54, 1.807) is 43.3 Å². The van der Waals surface area contributed by atoms with Crippen molar-refractivity contribution in [2.75, 3.05) is 33.0 Å². The zero-order chi connectivity index (χ0) is 74.4. The second-order valence-corrected chi connectivity index (χ2v) is 35.4. The van der Waals surface area contributed by atoms with Crippen molar-refractivity contribution in [1.82, 2.24) is 0 Å². The monoisotopic (exact) mass is 1640 g/mol. The van der Waals surface area contributed by atoms with Gasteiger partial charge in [-0.2, -0.15) is 0 Å². The summed E-state index contributed by atoms with van der Waals surface area (Å²) in [5.41, 5.74) is 0.326. The molecule has 3 saturated carbocycles. The number of carbonyl (C=O) groups is 3. The van der Waals surface area contributed by atoms with Gasteiger partial charge in [0.1, 0.15) is 40.1 Å². The molecular weight excluding hydrogens is 1550 g/mol. The molecule has 3 aromatic heterocycles. The number of ether oxygens (including phenoxy) is 3. The second-order valence-electron chi connectivity index (χ2n) is 27.6. The quantitative estimate of drug-likeness (QED) is 0.0107. The first kappa shape index (κ1) is 86.7. The number of thiophene rings is 3. The van der Waals surface area contributed by atoms with Crippen LogP contribution in [0.15, 0.2) is 91.0 Å². The van der Waals surface area contributed by atoms with Gasteiger partial charge in [-0.3, -0.25) is 0 Å². The van der Waals surface area contributed by atoms with Gasteiger partial charge in [0.15, 0.2) is 0 Å². The number of benzene rings is 3. The van der Waals surface area contributed by atoms with Crippen molar-refractivity contribution in [2.24, 2.45) is 35.5 Å². The second kappa shape index (κ2) is 42.4. The molecule has 0 radical (unpaired) electrons. The number of alkyl halides is 3. The number of hydrogen-bond acceptors (Lipinski definition) is 17. The van der Waals surface area contributed by atoms with E-state index in [4.69, 9.17) is 129 Å². The van der Waals surface area contributed by atoms with Gasteiger partial charge in [-0.1, -0.05) is 83.5 Å². The summed E-state index contributed by atoms with van der Waals surface area (Å²) < 4.78 is 15.4. The molecule has 0 amide bonds. The molecule has 3 aliphatic rings. The summed E-state index contributed by atoms with van der Waals surface area (Å²) in [6.07, 6.45) is 13.8. The Bertz CT molecular complexity index is 3520. The smallest absolute Gasteiger partial charge is 0.348 e. The number of aryl methyl sites for hydroxylation is 6. The van der Waals surface area contributed by atoms with Crippen molar-refractivity contribution in [2.45, 2.75) is 201 Å². The fraction of sp³-hybridized carbons (Fsp3) is 0.566. The Balaban J connectivity index is 0.000000215. The SMILES string of the molecule is CCC(C)(O)COC(=O)c1ccc(CCC[C@@H]2[C@@H](CCc3cc(Cl)cc(Cl)c3)[C@H](O)C[C@H]2Cl)s1.CCC(O)COC(=O)c1ccc(CCC[C@@H]2[C@@H](CCc3cc(Cl)cc(Cl)c3)[C@H](O)C[C@H]2Cl)s1.O=C(OCC(O)(CO)CO)c1ccc(CCC[C@@H]2[C@@H](CCc3cc(Cl)cc(Cl)c3)[C@H](O)C[C@H]2Cl)s1. The first-order valence-electron chi connectivity index (χ1n) is 34.9. The largest absolute Gasteiger partial charge is 0.459 e. The standard InChI is InChI=1S/C26H33Cl3O4S.C25H31Cl3O6S.C25H31Cl3O4S/c1-3-26(2,32)15-33-25(31)24-10-8-19(34-24)5-4-6-20-21(23(30)14-22(20)29)9-7-16-11-17(27)13-18(28)12-16;26-16-8-15(9-17(27)10-16)4-6-20-19(21(28)11-22(20)31)3-1-2-18-5-7-23(35-18)24(32)34-14-25(33,12-29)13-30;1-2-18(29)14-32-25(31)24-9-7-19(33-24)4-3-5-20-21(23(30)13-22(20)28)8-6-15-10-16(26)12-17(27)11-15/h8,10-13,20-23,30,32H,3-7,9,14-15H2,1-2H3;5,7-10,19-22,29-31,33H,1-4,6,11-14H2;7,9-12,18,20-23,29-30H,2-6,8,13-14H2,1H3/t20-,21-,22-,23-,26?;19-,20-,21-,22-;18?,20-,21-,22-,23-/m111/s1. The minimum atomic E-state index is -1.85. The minimum Gasteiger partial charge on any atom is -0.459 e. The van der Waals surface area contributed by atoms with Crippen LogP contribution in [-0.4, -0.2) is 144 Å². The maximum atomic E-state index is 12.3. The number of carbonyl (C=O) groups excluding carboxylic acids is 3. The molecule has 3 aromatic carbocycles. The van der Waals surface area contributed by atoms with Crippen molar-refractivity contribution in [3.63, 3.8) is 0 Å². The Morgan fingerprint density at radius 3 is 1.06 bits per heavy atom. The number of esters is 3. The third-order valence-corrected chi connectivity index (χ3v) is 25.9. The third-order valence-electron chi connectivity index (χ3n) is 19.7. The van der Waals surface area contributed by atoms with Crippen LogP contribution >= 0.6 is 138 Å². The van der Waals surface area contributed by atoms with Crippen LogP contribution in [0.5, 0.6) is 0 Å². The normalized spacial score (nSPS) is 23.4. The molecule has 0 bridgehead atoms. The maximum Gasteiger partial charge on any atom is 0.348 e. The van der Waals surface area contributed by atoms with E-state index in [1.807, 2.05) is 68.4 Å². The van der Waals surface area contributed by atoms with Gasteiger partial charge in [0.05, 0.1) is 43.2 Å². The van der Waals surface area contributed by atoms with Crippen LogP contribution < -0.4 is 0 Å². The van der Waals surface area contributed by atoms with Gasteiger partial charge < -0.3 is 55.1 Å².